The molecule has 3 rings (SSSR count). The Hall–Kier alpha value is -1.77. The van der Waals surface area contributed by atoms with Gasteiger partial charge in [-0.1, -0.05) is 11.6 Å². The normalized spacial score (nSPS) is 17.7. The lowest BCUT2D eigenvalue weighted by Crippen LogP contribution is -2.08. The van der Waals surface area contributed by atoms with Gasteiger partial charge < -0.3 is 9.72 Å². The Labute approximate surface area is 113 Å². The van der Waals surface area contributed by atoms with Gasteiger partial charge in [-0.25, -0.2) is 0 Å². The first-order valence-electron chi connectivity index (χ1n) is 6.95. The molecule has 1 aromatic carbocycles. The first-order chi connectivity index (χ1) is 9.19. The quantitative estimate of drug-likeness (QED) is 0.856. The van der Waals surface area contributed by atoms with Crippen LogP contribution in [-0.2, 0) is 16.0 Å². The lowest BCUT2D eigenvalue weighted by atomic mass is 10.0. The molecule has 1 N–H and O–H groups in total. The predicted octanol–water partition coefficient (Wildman–Crippen LogP) is 3.46. The number of carbonyl (C=O) groups excluding carboxylic acids is 1. The fourth-order valence-corrected chi connectivity index (χ4v) is 3.09. The summed E-state index contributed by atoms with van der Waals surface area (Å²) in [6.07, 6.45) is 2.60. The molecule has 0 spiro atoms. The molecule has 3 heteroatoms. The lowest BCUT2D eigenvalue weighted by molar-refractivity contribution is -0.143. The molecule has 0 aliphatic heterocycles. The number of aryl methyl sites for hydroxylation is 2. The van der Waals surface area contributed by atoms with Gasteiger partial charge in [-0.2, -0.15) is 0 Å². The zero-order chi connectivity index (χ0) is 13.4. The third-order valence-electron chi connectivity index (χ3n) is 3.96. The molecule has 0 fully saturated rings. The summed E-state index contributed by atoms with van der Waals surface area (Å²) < 4.78 is 5.06. The van der Waals surface area contributed by atoms with Crippen molar-refractivity contribution in [1.29, 1.82) is 0 Å². The van der Waals surface area contributed by atoms with Crippen molar-refractivity contribution in [1.82, 2.24) is 4.98 Å². The van der Waals surface area contributed by atoms with Crippen molar-refractivity contribution in [3.8, 4) is 0 Å². The number of rotatable bonds is 3. The second-order valence-electron chi connectivity index (χ2n) is 5.31. The Kier molecular flexibility index (Phi) is 3.05. The lowest BCUT2D eigenvalue weighted by Gasteiger charge is -2.08. The molecule has 1 heterocycles. The molecule has 0 saturated carbocycles. The van der Waals surface area contributed by atoms with Crippen molar-refractivity contribution in [2.45, 2.75) is 39.0 Å². The van der Waals surface area contributed by atoms with Crippen molar-refractivity contribution in [3.05, 3.63) is 35.0 Å². The number of fused-ring (bicyclic) bond motifs is 3. The molecule has 0 amide bonds. The molecule has 100 valence electrons. The van der Waals surface area contributed by atoms with Gasteiger partial charge in [-0.15, -0.1) is 0 Å². The first kappa shape index (κ1) is 12.3. The first-order valence-corrected chi connectivity index (χ1v) is 6.95. The maximum absolute atomic E-state index is 11.6. The maximum Gasteiger partial charge on any atom is 0.306 e. The molecule has 1 aliphatic rings. The number of esters is 1. The van der Waals surface area contributed by atoms with Crippen LogP contribution in [0.25, 0.3) is 10.9 Å². The van der Waals surface area contributed by atoms with Crippen molar-refractivity contribution < 1.29 is 9.53 Å². The SMILES string of the molecule is CCOC(=O)CC1CCc2c1[nH]c1ccc(C)cc21. The highest BCUT2D eigenvalue weighted by Gasteiger charge is 2.28. The van der Waals surface area contributed by atoms with E-state index in [0.29, 0.717) is 18.9 Å². The number of aromatic amines is 1. The van der Waals surface area contributed by atoms with Crippen molar-refractivity contribution >= 4 is 16.9 Å². The Balaban J connectivity index is 1.92. The number of carbonyl (C=O) groups is 1. The Morgan fingerprint density at radius 1 is 1.47 bits per heavy atom. The van der Waals surface area contributed by atoms with Gasteiger partial charge in [0.05, 0.1) is 13.0 Å². The van der Waals surface area contributed by atoms with Gasteiger partial charge in [0.2, 0.25) is 0 Å². The van der Waals surface area contributed by atoms with Crippen LogP contribution in [0.15, 0.2) is 18.2 Å². The third kappa shape index (κ3) is 2.14. The monoisotopic (exact) mass is 257 g/mol. The number of hydrogen-bond acceptors (Lipinski definition) is 2. The van der Waals surface area contributed by atoms with Crippen LogP contribution in [0.1, 0.15) is 42.5 Å². The van der Waals surface area contributed by atoms with E-state index in [9.17, 15) is 4.79 Å². The van der Waals surface area contributed by atoms with E-state index in [1.54, 1.807) is 0 Å². The van der Waals surface area contributed by atoms with Crippen LogP contribution in [-0.4, -0.2) is 17.6 Å². The van der Waals surface area contributed by atoms with Crippen molar-refractivity contribution in [2.75, 3.05) is 6.61 Å². The molecule has 0 saturated heterocycles. The molecule has 1 unspecified atom stereocenters. The molecule has 19 heavy (non-hydrogen) atoms. The fourth-order valence-electron chi connectivity index (χ4n) is 3.09. The highest BCUT2D eigenvalue weighted by atomic mass is 16.5. The number of H-pyrrole nitrogens is 1. The summed E-state index contributed by atoms with van der Waals surface area (Å²) >= 11 is 0. The minimum atomic E-state index is -0.0878. The highest BCUT2D eigenvalue weighted by Crippen LogP contribution is 2.39. The number of hydrogen-bond donors (Lipinski definition) is 1. The second kappa shape index (κ2) is 4.72. The Morgan fingerprint density at radius 2 is 2.32 bits per heavy atom. The van der Waals surface area contributed by atoms with Crippen LogP contribution in [0.5, 0.6) is 0 Å². The Morgan fingerprint density at radius 3 is 3.11 bits per heavy atom. The standard InChI is InChI=1S/C16H19NO2/c1-3-19-15(18)9-11-5-6-12-13-8-10(2)4-7-14(13)17-16(11)12/h4,7-8,11,17H,3,5-6,9H2,1-2H3. The largest absolute Gasteiger partial charge is 0.466 e. The van der Waals surface area contributed by atoms with E-state index < -0.39 is 0 Å². The van der Waals surface area contributed by atoms with E-state index in [1.807, 2.05) is 6.92 Å². The van der Waals surface area contributed by atoms with Gasteiger partial charge in [-0.05, 0) is 44.4 Å². The molecular formula is C16H19NO2. The van der Waals surface area contributed by atoms with E-state index >= 15 is 0 Å². The van der Waals surface area contributed by atoms with Gasteiger partial charge in [0, 0.05) is 22.5 Å². The zero-order valence-electron chi connectivity index (χ0n) is 11.5. The summed E-state index contributed by atoms with van der Waals surface area (Å²) in [7, 11) is 0. The third-order valence-corrected chi connectivity index (χ3v) is 3.96. The molecule has 1 aromatic heterocycles. The van der Waals surface area contributed by atoms with Crippen LogP contribution in [0.3, 0.4) is 0 Å². The topological polar surface area (TPSA) is 42.1 Å². The number of benzene rings is 1. The summed E-state index contributed by atoms with van der Waals surface area (Å²) in [5, 5.41) is 1.32. The molecular weight excluding hydrogens is 238 g/mol. The van der Waals surface area contributed by atoms with E-state index in [4.69, 9.17) is 4.74 Å². The van der Waals surface area contributed by atoms with E-state index in [1.165, 1.54) is 27.7 Å². The molecule has 0 bridgehead atoms. The van der Waals surface area contributed by atoms with E-state index in [-0.39, 0.29) is 5.97 Å². The zero-order valence-corrected chi connectivity index (χ0v) is 11.5. The molecule has 1 aliphatic carbocycles. The summed E-state index contributed by atoms with van der Waals surface area (Å²) in [5.74, 6) is 0.206. The van der Waals surface area contributed by atoms with Crippen molar-refractivity contribution in [2.24, 2.45) is 0 Å². The number of ether oxygens (including phenoxy) is 1. The predicted molar refractivity (Wildman–Crippen MR) is 75.3 cm³/mol. The Bertz CT molecular complexity index is 627. The van der Waals surface area contributed by atoms with Gasteiger partial charge in [0.25, 0.3) is 0 Å². The second-order valence-corrected chi connectivity index (χ2v) is 5.31. The molecule has 0 radical (unpaired) electrons. The van der Waals surface area contributed by atoms with Gasteiger partial charge in [0.15, 0.2) is 0 Å². The van der Waals surface area contributed by atoms with Crippen molar-refractivity contribution in [3.63, 3.8) is 0 Å². The van der Waals surface area contributed by atoms with Gasteiger partial charge >= 0.3 is 5.97 Å². The fraction of sp³-hybridized carbons (Fsp3) is 0.438. The van der Waals surface area contributed by atoms with E-state index in [0.717, 1.165) is 12.8 Å². The number of nitrogens with one attached hydrogen (secondary N) is 1. The van der Waals surface area contributed by atoms with Gasteiger partial charge in [0.1, 0.15) is 0 Å². The maximum atomic E-state index is 11.6. The van der Waals surface area contributed by atoms with Crippen LogP contribution < -0.4 is 0 Å². The molecule has 2 aromatic rings. The smallest absolute Gasteiger partial charge is 0.306 e. The minimum Gasteiger partial charge on any atom is -0.466 e. The van der Waals surface area contributed by atoms with Gasteiger partial charge in [-0.3, -0.25) is 4.79 Å². The summed E-state index contributed by atoms with van der Waals surface area (Å²) in [4.78, 5) is 15.1. The van der Waals surface area contributed by atoms with E-state index in [2.05, 4.69) is 30.1 Å². The summed E-state index contributed by atoms with van der Waals surface area (Å²) in [6, 6.07) is 6.48. The molecule has 1 atom stereocenters. The van der Waals surface area contributed by atoms with Crippen LogP contribution in [0, 0.1) is 6.92 Å². The molecule has 3 nitrogen and oxygen atoms in total. The highest BCUT2D eigenvalue weighted by molar-refractivity contribution is 5.86. The summed E-state index contributed by atoms with van der Waals surface area (Å²) in [5.41, 5.74) is 5.11. The van der Waals surface area contributed by atoms with Crippen LogP contribution in [0.2, 0.25) is 0 Å². The summed E-state index contributed by atoms with van der Waals surface area (Å²) in [6.45, 7) is 4.43. The van der Waals surface area contributed by atoms with Crippen LogP contribution >= 0.6 is 0 Å². The minimum absolute atomic E-state index is 0.0878. The number of aromatic nitrogens is 1. The average molecular weight is 257 g/mol. The van der Waals surface area contributed by atoms with Crippen LogP contribution in [0.4, 0.5) is 0 Å². The average Bonchev–Trinajstić information content (AvgIpc) is 2.90.